The predicted octanol–water partition coefficient (Wildman–Crippen LogP) is 6.51. The Balaban J connectivity index is 2.13. The quantitative estimate of drug-likeness (QED) is 0.343. The van der Waals surface area contributed by atoms with Gasteiger partial charge in [-0.3, -0.25) is 4.79 Å². The van der Waals surface area contributed by atoms with E-state index in [9.17, 15) is 4.79 Å². The van der Waals surface area contributed by atoms with E-state index in [1.54, 1.807) is 30.5 Å². The van der Waals surface area contributed by atoms with E-state index < -0.39 is 0 Å². The van der Waals surface area contributed by atoms with Crippen molar-refractivity contribution in [3.63, 3.8) is 0 Å². The lowest BCUT2D eigenvalue weighted by molar-refractivity contribution is -0.116. The molecule has 0 saturated heterocycles. The molecule has 3 rings (SSSR count). The number of carbonyl (C=O) groups excluding carboxylic acids is 1. The van der Waals surface area contributed by atoms with Crippen molar-refractivity contribution in [3.05, 3.63) is 70.9 Å². The molecule has 0 aliphatic rings. The van der Waals surface area contributed by atoms with Crippen LogP contribution in [0.2, 0.25) is 10.0 Å². The summed E-state index contributed by atoms with van der Waals surface area (Å²) < 4.78 is 11.6. The van der Waals surface area contributed by atoms with Gasteiger partial charge in [-0.1, -0.05) is 35.3 Å². The second-order valence-corrected chi connectivity index (χ2v) is 7.26. The van der Waals surface area contributed by atoms with Gasteiger partial charge in [0.25, 0.3) is 0 Å². The molecule has 6 heteroatoms. The van der Waals surface area contributed by atoms with Gasteiger partial charge in [0.15, 0.2) is 0 Å². The molecule has 0 spiro atoms. The van der Waals surface area contributed by atoms with Crippen molar-refractivity contribution in [2.24, 2.45) is 0 Å². The molecule has 0 bridgehead atoms. The first-order chi connectivity index (χ1) is 13.9. The second kappa shape index (κ2) is 9.21. The van der Waals surface area contributed by atoms with Crippen LogP contribution in [-0.4, -0.2) is 19.1 Å². The highest BCUT2D eigenvalue weighted by Crippen LogP contribution is 2.40. The lowest BCUT2D eigenvalue weighted by Gasteiger charge is -2.12. The number of fused-ring (bicyclic) bond motifs is 1. The van der Waals surface area contributed by atoms with Crippen LogP contribution in [-0.2, 0) is 4.79 Å². The van der Waals surface area contributed by atoms with Gasteiger partial charge >= 0.3 is 0 Å². The Bertz CT molecular complexity index is 1100. The maximum Gasteiger partial charge on any atom is 0.244 e. The summed E-state index contributed by atoms with van der Waals surface area (Å²) in [5, 5.41) is 4.71. The number of amides is 1. The number of nitrogens with one attached hydrogen (secondary N) is 1. The van der Waals surface area contributed by atoms with Gasteiger partial charge < -0.3 is 14.5 Å². The van der Waals surface area contributed by atoms with Crippen molar-refractivity contribution in [2.45, 2.75) is 13.8 Å². The standard InChI is InChI=1S/C23H21Cl2NO3/c1-4-8-26-23(27)9-14(3)17-11-18-19(16-7-6-15(24)10-20(16)25)13-29-22(18)12-21(17)28-5-2/h4,6-7,9-13H,1,5,8H2,2-3H3,(H,26,27)/b14-9+. The molecule has 1 heterocycles. The van der Waals surface area contributed by atoms with E-state index in [1.807, 2.05) is 32.0 Å². The van der Waals surface area contributed by atoms with Crippen LogP contribution in [0.3, 0.4) is 0 Å². The fourth-order valence-corrected chi connectivity index (χ4v) is 3.56. The molecule has 0 aliphatic carbocycles. The van der Waals surface area contributed by atoms with E-state index in [-0.39, 0.29) is 5.91 Å². The number of rotatable bonds is 7. The average molecular weight is 430 g/mol. The second-order valence-electron chi connectivity index (χ2n) is 6.41. The van der Waals surface area contributed by atoms with Crippen LogP contribution < -0.4 is 10.1 Å². The number of halogens is 2. The molecular formula is C23H21Cl2NO3. The molecule has 1 N–H and O–H groups in total. The van der Waals surface area contributed by atoms with E-state index >= 15 is 0 Å². The Morgan fingerprint density at radius 1 is 1.24 bits per heavy atom. The molecule has 2 aromatic carbocycles. The van der Waals surface area contributed by atoms with Crippen molar-refractivity contribution >= 4 is 45.7 Å². The highest BCUT2D eigenvalue weighted by molar-refractivity contribution is 6.36. The van der Waals surface area contributed by atoms with Crippen molar-refractivity contribution in [1.29, 1.82) is 0 Å². The Hall–Kier alpha value is -2.69. The third kappa shape index (κ3) is 4.66. The van der Waals surface area contributed by atoms with Crippen LogP contribution in [0.25, 0.3) is 27.7 Å². The first-order valence-corrected chi connectivity index (χ1v) is 9.91. The summed E-state index contributed by atoms with van der Waals surface area (Å²) in [6.07, 6.45) is 4.84. The zero-order valence-electron chi connectivity index (χ0n) is 16.2. The number of hydrogen-bond acceptors (Lipinski definition) is 3. The Labute approximate surface area is 179 Å². The Kier molecular flexibility index (Phi) is 6.68. The monoisotopic (exact) mass is 429 g/mol. The third-order valence-corrected chi connectivity index (χ3v) is 4.94. The molecule has 0 atom stereocenters. The third-order valence-electron chi connectivity index (χ3n) is 4.39. The zero-order valence-corrected chi connectivity index (χ0v) is 17.7. The molecule has 0 fully saturated rings. The minimum atomic E-state index is -0.196. The van der Waals surface area contributed by atoms with Gasteiger partial charge in [-0.2, -0.15) is 0 Å². The minimum Gasteiger partial charge on any atom is -0.493 e. The van der Waals surface area contributed by atoms with Crippen molar-refractivity contribution < 1.29 is 13.9 Å². The van der Waals surface area contributed by atoms with Crippen LogP contribution >= 0.6 is 23.2 Å². The SMILES string of the molecule is C=CCNC(=O)/C=C(\C)c1cc2c(-c3ccc(Cl)cc3Cl)coc2cc1OCC. The normalized spacial score (nSPS) is 11.5. The van der Waals surface area contributed by atoms with Gasteiger partial charge in [0.1, 0.15) is 11.3 Å². The summed E-state index contributed by atoms with van der Waals surface area (Å²) in [7, 11) is 0. The maximum atomic E-state index is 12.1. The van der Waals surface area contributed by atoms with Gasteiger partial charge in [0.05, 0.1) is 17.9 Å². The molecule has 4 nitrogen and oxygen atoms in total. The summed E-state index contributed by atoms with van der Waals surface area (Å²) >= 11 is 12.4. The molecular weight excluding hydrogens is 409 g/mol. The number of furan rings is 1. The van der Waals surface area contributed by atoms with E-state index in [1.165, 1.54) is 0 Å². The maximum absolute atomic E-state index is 12.1. The smallest absolute Gasteiger partial charge is 0.244 e. The fourth-order valence-electron chi connectivity index (χ4n) is 3.05. The molecule has 150 valence electrons. The first kappa shape index (κ1) is 21.0. The fraction of sp³-hybridized carbons (Fsp3) is 0.174. The summed E-state index contributed by atoms with van der Waals surface area (Å²) in [4.78, 5) is 12.1. The largest absolute Gasteiger partial charge is 0.493 e. The average Bonchev–Trinajstić information content (AvgIpc) is 3.08. The lowest BCUT2D eigenvalue weighted by atomic mass is 9.99. The number of ether oxygens (including phenoxy) is 1. The zero-order chi connectivity index (χ0) is 21.0. The summed E-state index contributed by atoms with van der Waals surface area (Å²) in [6.45, 7) is 8.27. The molecule has 0 unspecified atom stereocenters. The Morgan fingerprint density at radius 3 is 2.72 bits per heavy atom. The number of hydrogen-bond donors (Lipinski definition) is 1. The first-order valence-electron chi connectivity index (χ1n) is 9.15. The molecule has 29 heavy (non-hydrogen) atoms. The molecule has 3 aromatic rings. The molecule has 0 radical (unpaired) electrons. The van der Waals surface area contributed by atoms with Gasteiger partial charge in [0.2, 0.25) is 5.91 Å². The predicted molar refractivity (Wildman–Crippen MR) is 120 cm³/mol. The Morgan fingerprint density at radius 2 is 2.03 bits per heavy atom. The minimum absolute atomic E-state index is 0.196. The molecule has 0 saturated carbocycles. The molecule has 0 aliphatic heterocycles. The summed E-state index contributed by atoms with van der Waals surface area (Å²) in [5.41, 5.74) is 3.90. The van der Waals surface area contributed by atoms with Gasteiger partial charge in [-0.25, -0.2) is 0 Å². The highest BCUT2D eigenvalue weighted by atomic mass is 35.5. The molecule has 1 aromatic heterocycles. The van der Waals surface area contributed by atoms with Crippen LogP contribution in [0.4, 0.5) is 0 Å². The van der Waals surface area contributed by atoms with Crippen molar-refractivity contribution in [3.8, 4) is 16.9 Å². The van der Waals surface area contributed by atoms with Crippen LogP contribution in [0.15, 0.2) is 59.7 Å². The van der Waals surface area contributed by atoms with Gasteiger partial charge in [-0.15, -0.1) is 6.58 Å². The highest BCUT2D eigenvalue weighted by Gasteiger charge is 2.16. The number of allylic oxidation sites excluding steroid dienone is 1. The lowest BCUT2D eigenvalue weighted by Crippen LogP contribution is -2.20. The summed E-state index contributed by atoms with van der Waals surface area (Å²) in [5.74, 6) is 0.450. The number of benzene rings is 2. The van der Waals surface area contributed by atoms with E-state index in [0.29, 0.717) is 34.5 Å². The van der Waals surface area contributed by atoms with Crippen molar-refractivity contribution in [2.75, 3.05) is 13.2 Å². The van der Waals surface area contributed by atoms with Crippen LogP contribution in [0, 0.1) is 0 Å². The van der Waals surface area contributed by atoms with Crippen LogP contribution in [0.1, 0.15) is 19.4 Å². The van der Waals surface area contributed by atoms with Crippen molar-refractivity contribution in [1.82, 2.24) is 5.32 Å². The van der Waals surface area contributed by atoms with E-state index in [4.69, 9.17) is 32.4 Å². The van der Waals surface area contributed by atoms with Crippen LogP contribution in [0.5, 0.6) is 5.75 Å². The van der Waals surface area contributed by atoms with Gasteiger partial charge in [0, 0.05) is 45.8 Å². The topological polar surface area (TPSA) is 51.5 Å². The molecule has 1 amide bonds. The van der Waals surface area contributed by atoms with Gasteiger partial charge in [-0.05, 0) is 37.6 Å². The van der Waals surface area contributed by atoms with E-state index in [2.05, 4.69) is 11.9 Å². The van der Waals surface area contributed by atoms with E-state index in [0.717, 1.165) is 27.6 Å². The summed E-state index contributed by atoms with van der Waals surface area (Å²) in [6, 6.07) is 9.13. The number of carbonyl (C=O) groups is 1.